The fraction of sp³-hybridized carbons (Fsp3) is 0.462. The minimum absolute atomic E-state index is 0.0357. The van der Waals surface area contributed by atoms with Crippen LogP contribution in [0, 0.1) is 5.92 Å². The highest BCUT2D eigenvalue weighted by atomic mass is 32.3. The molecule has 0 unspecified atom stereocenters. The van der Waals surface area contributed by atoms with Crippen LogP contribution in [0.5, 0.6) is 0 Å². The van der Waals surface area contributed by atoms with Crippen LogP contribution in [0.4, 0.5) is 5.13 Å². The van der Waals surface area contributed by atoms with Gasteiger partial charge in [-0.3, -0.25) is 14.1 Å². The molecule has 1 aromatic rings. The smallest absolute Gasteiger partial charge is 0.418 e. The van der Waals surface area contributed by atoms with Crippen molar-refractivity contribution in [1.82, 2.24) is 10.0 Å². The van der Waals surface area contributed by atoms with E-state index in [1.807, 2.05) is 0 Å². The summed E-state index contributed by atoms with van der Waals surface area (Å²) in [5.41, 5.74) is 2.57. The van der Waals surface area contributed by atoms with Crippen LogP contribution in [0.25, 0.3) is 0 Å². The molecule has 2 rings (SSSR count). The Kier molecular flexibility index (Phi) is 4.86. The van der Waals surface area contributed by atoms with Crippen molar-refractivity contribution in [3.8, 4) is 0 Å². The normalized spacial score (nSPS) is 24.7. The first-order valence-corrected chi connectivity index (χ1v) is 9.50. The topological polar surface area (TPSA) is 199 Å². The van der Waals surface area contributed by atoms with Crippen molar-refractivity contribution in [2.75, 3.05) is 12.3 Å². The Morgan fingerprint density at radius 2 is 2.25 bits per heavy atom. The second-order valence-corrected chi connectivity index (χ2v) is 7.53. The standard InChI is InChI=1S/C13H16N4O9S2/c1-13(2)6(11(21)17(13)26-28(22,23)24)3-8(18)10(16-25-4-9(19)20)7-5-27-12(14)15-7/h5-6H,3-4H2,1-2H3,(H2,14,15)(H,19,20)(H,22,23,24)/b16-10-/t6-/m1/s1/i1D3/t6-,13-. The van der Waals surface area contributed by atoms with E-state index < -0.39 is 65.1 Å². The molecule has 1 saturated heterocycles. The zero-order chi connectivity index (χ0) is 23.8. The van der Waals surface area contributed by atoms with Crippen LogP contribution in [-0.2, 0) is 33.9 Å². The molecule has 0 saturated carbocycles. The van der Waals surface area contributed by atoms with Gasteiger partial charge in [0.05, 0.1) is 11.5 Å². The van der Waals surface area contributed by atoms with Crippen LogP contribution in [0.3, 0.4) is 0 Å². The number of nitrogens with zero attached hydrogens (tertiary/aromatic N) is 3. The maximum absolute atomic E-state index is 12.8. The van der Waals surface area contributed by atoms with Crippen molar-refractivity contribution < 1.29 is 45.7 Å². The number of aromatic nitrogens is 1. The number of Topliss-reactive ketones (excluding diaryl/α,β-unsaturated/α-hetero) is 1. The van der Waals surface area contributed by atoms with E-state index in [2.05, 4.69) is 19.3 Å². The van der Waals surface area contributed by atoms with Crippen molar-refractivity contribution in [2.24, 2.45) is 11.1 Å². The van der Waals surface area contributed by atoms with Gasteiger partial charge in [0.2, 0.25) is 6.61 Å². The minimum Gasteiger partial charge on any atom is -0.479 e. The lowest BCUT2D eigenvalue weighted by molar-refractivity contribution is -0.228. The molecule has 13 nitrogen and oxygen atoms in total. The summed E-state index contributed by atoms with van der Waals surface area (Å²) in [6.45, 7) is -2.98. The first-order valence-electron chi connectivity index (χ1n) is 8.75. The van der Waals surface area contributed by atoms with Gasteiger partial charge in [0.15, 0.2) is 16.6 Å². The molecule has 1 fully saturated rings. The third kappa shape index (κ3) is 4.80. The predicted octanol–water partition coefficient (Wildman–Crippen LogP) is -0.539. The Labute approximate surface area is 166 Å². The van der Waals surface area contributed by atoms with Crippen LogP contribution in [0.1, 0.15) is 30.0 Å². The maximum Gasteiger partial charge on any atom is 0.418 e. The zero-order valence-electron chi connectivity index (χ0n) is 17.1. The highest BCUT2D eigenvalue weighted by molar-refractivity contribution is 7.80. The lowest BCUT2D eigenvalue weighted by Crippen LogP contribution is -2.68. The number of nitrogen functional groups attached to an aromatic ring is 1. The van der Waals surface area contributed by atoms with Gasteiger partial charge in [-0.05, 0) is 13.8 Å². The van der Waals surface area contributed by atoms with Gasteiger partial charge in [-0.15, -0.1) is 15.6 Å². The zero-order valence-corrected chi connectivity index (χ0v) is 15.7. The number of nitrogens with two attached hydrogens (primary N) is 1. The Morgan fingerprint density at radius 3 is 2.75 bits per heavy atom. The SMILES string of the molecule is [2H]C([2H])([2H])[C@@]1(C)[C@H](CC(=O)/C(=N\OCC(=O)O)c2csc(N)n2)C(=O)N1OS(=O)(=O)O. The Balaban J connectivity index is 2.35. The maximum atomic E-state index is 12.8. The van der Waals surface area contributed by atoms with E-state index >= 15 is 0 Å². The quantitative estimate of drug-likeness (QED) is 0.193. The van der Waals surface area contributed by atoms with Gasteiger partial charge in [-0.2, -0.15) is 13.5 Å². The Bertz CT molecular complexity index is 1040. The summed E-state index contributed by atoms with van der Waals surface area (Å²) < 4.78 is 57.8. The van der Waals surface area contributed by atoms with Gasteiger partial charge >= 0.3 is 16.4 Å². The number of carbonyl (C=O) groups is 3. The van der Waals surface area contributed by atoms with Gasteiger partial charge in [0, 0.05) is 15.9 Å². The second-order valence-electron chi connectivity index (χ2n) is 5.64. The third-order valence-electron chi connectivity index (χ3n) is 3.53. The number of hydroxylamine groups is 2. The van der Waals surface area contributed by atoms with Crippen LogP contribution in [0.2, 0.25) is 0 Å². The van der Waals surface area contributed by atoms with Crippen LogP contribution in [0.15, 0.2) is 10.5 Å². The van der Waals surface area contributed by atoms with Gasteiger partial charge in [0.25, 0.3) is 5.91 Å². The highest BCUT2D eigenvalue weighted by Crippen LogP contribution is 2.40. The van der Waals surface area contributed by atoms with Crippen LogP contribution >= 0.6 is 11.3 Å². The van der Waals surface area contributed by atoms with Crippen molar-refractivity contribution in [3.05, 3.63) is 11.1 Å². The molecule has 1 aliphatic heterocycles. The summed E-state index contributed by atoms with van der Waals surface area (Å²) in [5, 5.41) is 13.4. The molecule has 1 amide bonds. The molecule has 1 aliphatic rings. The van der Waals surface area contributed by atoms with E-state index in [0.29, 0.717) is 0 Å². The Hall–Kier alpha value is -2.62. The predicted molar refractivity (Wildman–Crippen MR) is 93.3 cm³/mol. The summed E-state index contributed by atoms with van der Waals surface area (Å²) in [4.78, 5) is 44.1. The molecule has 0 bridgehead atoms. The lowest BCUT2D eigenvalue weighted by Gasteiger charge is -2.50. The highest BCUT2D eigenvalue weighted by Gasteiger charge is 2.57. The lowest BCUT2D eigenvalue weighted by atomic mass is 9.74. The molecule has 0 spiro atoms. The fourth-order valence-corrected chi connectivity index (χ4v) is 3.22. The van der Waals surface area contributed by atoms with E-state index in [9.17, 15) is 22.8 Å². The summed E-state index contributed by atoms with van der Waals surface area (Å²) in [5.74, 6) is -5.16. The number of thiazole rings is 1. The number of carboxylic acid groups (broad SMARTS) is 1. The molecule has 28 heavy (non-hydrogen) atoms. The molecule has 2 heterocycles. The molecule has 0 radical (unpaired) electrons. The molecular weight excluding hydrogens is 420 g/mol. The molecular formula is C13H16N4O9S2. The van der Waals surface area contributed by atoms with Crippen molar-refractivity contribution in [1.29, 1.82) is 0 Å². The largest absolute Gasteiger partial charge is 0.479 e. The van der Waals surface area contributed by atoms with Crippen LogP contribution < -0.4 is 5.73 Å². The number of carbonyl (C=O) groups excluding carboxylic acids is 2. The van der Waals surface area contributed by atoms with Gasteiger partial charge in [0.1, 0.15) is 5.69 Å². The average molecular weight is 439 g/mol. The van der Waals surface area contributed by atoms with E-state index in [-0.39, 0.29) is 15.9 Å². The van der Waals surface area contributed by atoms with E-state index in [1.165, 1.54) is 5.38 Å². The molecule has 154 valence electrons. The van der Waals surface area contributed by atoms with Gasteiger partial charge < -0.3 is 15.7 Å². The van der Waals surface area contributed by atoms with Crippen molar-refractivity contribution in [2.45, 2.75) is 25.7 Å². The first-order chi connectivity index (χ1) is 14.1. The number of ketones is 1. The number of amides is 1. The number of hydrogen-bond acceptors (Lipinski definition) is 11. The molecule has 1 aromatic heterocycles. The molecule has 4 N–H and O–H groups in total. The third-order valence-corrected chi connectivity index (χ3v) is 4.54. The summed E-state index contributed by atoms with van der Waals surface area (Å²) in [6.07, 6.45) is -0.800. The molecule has 2 atom stereocenters. The number of β-lactam (4-membered cyclic amide) rings is 1. The monoisotopic (exact) mass is 439 g/mol. The number of anilines is 1. The number of oxime groups is 1. The van der Waals surface area contributed by atoms with E-state index in [1.54, 1.807) is 0 Å². The first kappa shape index (κ1) is 17.5. The molecule has 15 heteroatoms. The van der Waals surface area contributed by atoms with Crippen LogP contribution in [-0.4, -0.2) is 63.6 Å². The number of rotatable bonds is 9. The summed E-state index contributed by atoms with van der Waals surface area (Å²) >= 11 is 0.922. The van der Waals surface area contributed by atoms with Crippen molar-refractivity contribution >= 4 is 50.2 Å². The molecule has 0 aliphatic carbocycles. The van der Waals surface area contributed by atoms with E-state index in [0.717, 1.165) is 18.3 Å². The second kappa shape index (κ2) is 7.78. The number of hydrogen-bond donors (Lipinski definition) is 3. The molecule has 0 aromatic carbocycles. The summed E-state index contributed by atoms with van der Waals surface area (Å²) in [7, 11) is -5.23. The van der Waals surface area contributed by atoms with E-state index in [4.69, 9.17) is 19.5 Å². The number of aliphatic carboxylic acids is 1. The number of carboxylic acids is 1. The fourth-order valence-electron chi connectivity index (χ4n) is 2.25. The minimum atomic E-state index is -5.23. The average Bonchev–Trinajstić information content (AvgIpc) is 3.04. The van der Waals surface area contributed by atoms with Gasteiger partial charge in [-0.25, -0.2) is 9.78 Å². The summed E-state index contributed by atoms with van der Waals surface area (Å²) in [6, 6.07) is 0. The van der Waals surface area contributed by atoms with Crippen molar-refractivity contribution in [3.63, 3.8) is 0 Å². The Morgan fingerprint density at radius 1 is 1.57 bits per heavy atom. The van der Waals surface area contributed by atoms with Gasteiger partial charge in [-0.1, -0.05) is 5.16 Å².